The van der Waals surface area contributed by atoms with E-state index in [9.17, 15) is 0 Å². The minimum absolute atomic E-state index is 0. The van der Waals surface area contributed by atoms with Crippen molar-refractivity contribution in [2.75, 3.05) is 45.9 Å². The van der Waals surface area contributed by atoms with Crippen LogP contribution in [0, 0.1) is 0 Å². The maximum Gasteiger partial charge on any atom is 0.203 e. The molecule has 0 aliphatic carbocycles. The van der Waals surface area contributed by atoms with E-state index in [0.717, 1.165) is 68.9 Å². The molecule has 0 spiro atoms. The standard InChI is InChI=1S/C30H39N3O4.2ClH/c1-5-6-17-37-26-9-7-24(8-10-26)33(25-12-14-31-15-13-25)21-22-11-16-32-27(18-22)23-19-28(34-2)30(36-4)29(20-23)35-3;;/h7-11,16,18-20,25,31H,5-6,12-15,17,21H2,1-4H3;2*1H. The number of pyridine rings is 1. The molecule has 0 atom stereocenters. The smallest absolute Gasteiger partial charge is 0.203 e. The number of rotatable bonds is 12. The van der Waals surface area contributed by atoms with Gasteiger partial charge in [-0.2, -0.15) is 0 Å². The van der Waals surface area contributed by atoms with Crippen molar-refractivity contribution in [2.24, 2.45) is 0 Å². The van der Waals surface area contributed by atoms with Crippen LogP contribution in [0.3, 0.4) is 0 Å². The lowest BCUT2D eigenvalue weighted by Gasteiger charge is -2.36. The van der Waals surface area contributed by atoms with E-state index in [1.54, 1.807) is 21.3 Å². The fourth-order valence-corrected chi connectivity index (χ4v) is 4.77. The molecular formula is C30H41Cl2N3O4. The van der Waals surface area contributed by atoms with Gasteiger partial charge in [0.2, 0.25) is 5.75 Å². The van der Waals surface area contributed by atoms with Gasteiger partial charge in [0.05, 0.1) is 33.6 Å². The number of hydrogen-bond donors (Lipinski definition) is 1. The number of benzene rings is 2. The first-order chi connectivity index (χ1) is 18.2. The molecule has 214 valence electrons. The molecule has 0 saturated carbocycles. The van der Waals surface area contributed by atoms with Gasteiger partial charge in [-0.1, -0.05) is 13.3 Å². The predicted octanol–water partition coefficient (Wildman–Crippen LogP) is 6.56. The van der Waals surface area contributed by atoms with Crippen LogP contribution in [-0.2, 0) is 6.54 Å². The molecule has 0 bridgehead atoms. The Morgan fingerprint density at radius 3 is 2.15 bits per heavy atom. The van der Waals surface area contributed by atoms with Crippen LogP contribution in [0.25, 0.3) is 11.3 Å². The van der Waals surface area contributed by atoms with Crippen LogP contribution < -0.4 is 29.2 Å². The first-order valence-corrected chi connectivity index (χ1v) is 13.1. The van der Waals surface area contributed by atoms with E-state index in [2.05, 4.69) is 58.5 Å². The van der Waals surface area contributed by atoms with Gasteiger partial charge in [-0.05, 0) is 86.4 Å². The number of unbranched alkanes of at least 4 members (excludes halogenated alkanes) is 1. The lowest BCUT2D eigenvalue weighted by Crippen LogP contribution is -2.43. The summed E-state index contributed by atoms with van der Waals surface area (Å²) in [5.74, 6) is 2.73. The molecular weight excluding hydrogens is 537 g/mol. The lowest BCUT2D eigenvalue weighted by atomic mass is 10.0. The molecule has 0 radical (unpaired) electrons. The number of nitrogens with one attached hydrogen (secondary N) is 1. The summed E-state index contributed by atoms with van der Waals surface area (Å²) in [5, 5.41) is 3.49. The molecule has 1 aliphatic heterocycles. The van der Waals surface area contributed by atoms with Crippen LogP contribution in [-0.4, -0.2) is 52.1 Å². The zero-order valence-electron chi connectivity index (χ0n) is 23.3. The summed E-state index contributed by atoms with van der Waals surface area (Å²) in [6, 6.07) is 17.1. The zero-order chi connectivity index (χ0) is 26.0. The molecule has 39 heavy (non-hydrogen) atoms. The summed E-state index contributed by atoms with van der Waals surface area (Å²) in [6.07, 6.45) is 6.29. The summed E-state index contributed by atoms with van der Waals surface area (Å²) >= 11 is 0. The molecule has 1 N–H and O–H groups in total. The second kappa shape index (κ2) is 16.3. The topological polar surface area (TPSA) is 65.1 Å². The van der Waals surface area contributed by atoms with Gasteiger partial charge in [-0.15, -0.1) is 24.8 Å². The summed E-state index contributed by atoms with van der Waals surface area (Å²) in [7, 11) is 4.86. The lowest BCUT2D eigenvalue weighted by molar-refractivity contribution is 0.309. The summed E-state index contributed by atoms with van der Waals surface area (Å²) in [5.41, 5.74) is 4.18. The third kappa shape index (κ3) is 8.31. The third-order valence-electron chi connectivity index (χ3n) is 6.82. The molecule has 4 rings (SSSR count). The van der Waals surface area contributed by atoms with Gasteiger partial charge in [0.1, 0.15) is 5.75 Å². The minimum Gasteiger partial charge on any atom is -0.494 e. The van der Waals surface area contributed by atoms with Crippen LogP contribution >= 0.6 is 24.8 Å². The van der Waals surface area contributed by atoms with E-state index in [1.165, 1.54) is 11.3 Å². The van der Waals surface area contributed by atoms with Crippen molar-refractivity contribution in [2.45, 2.75) is 45.2 Å². The third-order valence-corrected chi connectivity index (χ3v) is 6.82. The van der Waals surface area contributed by atoms with E-state index >= 15 is 0 Å². The Hall–Kier alpha value is -2.87. The normalized spacial score (nSPS) is 13.0. The molecule has 2 aromatic carbocycles. The predicted molar refractivity (Wildman–Crippen MR) is 163 cm³/mol. The van der Waals surface area contributed by atoms with Gasteiger partial charge in [0.25, 0.3) is 0 Å². The first kappa shape index (κ1) is 32.3. The van der Waals surface area contributed by atoms with Crippen molar-refractivity contribution in [3.63, 3.8) is 0 Å². The number of piperidine rings is 1. The SMILES string of the molecule is CCCCOc1ccc(N(Cc2ccnc(-c3cc(OC)c(OC)c(OC)c3)c2)C2CCNCC2)cc1.Cl.Cl. The van der Waals surface area contributed by atoms with Crippen LogP contribution in [0.1, 0.15) is 38.2 Å². The van der Waals surface area contributed by atoms with Gasteiger partial charge in [0.15, 0.2) is 11.5 Å². The van der Waals surface area contributed by atoms with E-state index in [0.29, 0.717) is 23.3 Å². The monoisotopic (exact) mass is 577 g/mol. The first-order valence-electron chi connectivity index (χ1n) is 13.1. The molecule has 1 aliphatic rings. The van der Waals surface area contributed by atoms with Crippen LogP contribution in [0.2, 0.25) is 0 Å². The van der Waals surface area contributed by atoms with Crippen molar-refractivity contribution in [1.29, 1.82) is 0 Å². The Labute approximate surface area is 245 Å². The molecule has 0 amide bonds. The van der Waals surface area contributed by atoms with Crippen LogP contribution in [0.5, 0.6) is 23.0 Å². The Kier molecular flexibility index (Phi) is 13.5. The molecule has 0 unspecified atom stereocenters. The average Bonchev–Trinajstić information content (AvgIpc) is 2.96. The number of ether oxygens (including phenoxy) is 4. The Morgan fingerprint density at radius 1 is 0.897 bits per heavy atom. The van der Waals surface area contributed by atoms with Gasteiger partial charge in [-0.3, -0.25) is 4.98 Å². The van der Waals surface area contributed by atoms with Crippen molar-refractivity contribution in [3.05, 3.63) is 60.3 Å². The summed E-state index contributed by atoms with van der Waals surface area (Å²) in [6.45, 7) is 5.80. The number of methoxy groups -OCH3 is 3. The van der Waals surface area contributed by atoms with Gasteiger partial charge >= 0.3 is 0 Å². The second-order valence-corrected chi connectivity index (χ2v) is 9.27. The van der Waals surface area contributed by atoms with Crippen molar-refractivity contribution in [3.8, 4) is 34.3 Å². The fourth-order valence-electron chi connectivity index (χ4n) is 4.77. The molecule has 9 heteroatoms. The van der Waals surface area contributed by atoms with Gasteiger partial charge in [0, 0.05) is 30.0 Å². The maximum atomic E-state index is 5.90. The Balaban J connectivity index is 0.00000267. The molecule has 7 nitrogen and oxygen atoms in total. The molecule has 2 heterocycles. The fraction of sp³-hybridized carbons (Fsp3) is 0.433. The molecule has 3 aromatic rings. The molecule has 1 saturated heterocycles. The van der Waals surface area contributed by atoms with E-state index < -0.39 is 0 Å². The van der Waals surface area contributed by atoms with E-state index in [-0.39, 0.29) is 24.8 Å². The van der Waals surface area contributed by atoms with Gasteiger partial charge < -0.3 is 29.2 Å². The Bertz CT molecular complexity index is 1120. The highest BCUT2D eigenvalue weighted by Gasteiger charge is 2.22. The minimum atomic E-state index is 0. The van der Waals surface area contributed by atoms with E-state index in [4.69, 9.17) is 18.9 Å². The van der Waals surface area contributed by atoms with Crippen molar-refractivity contribution < 1.29 is 18.9 Å². The summed E-state index contributed by atoms with van der Waals surface area (Å²) < 4.78 is 22.5. The van der Waals surface area contributed by atoms with Crippen LogP contribution in [0.4, 0.5) is 5.69 Å². The van der Waals surface area contributed by atoms with Crippen molar-refractivity contribution >= 4 is 30.5 Å². The van der Waals surface area contributed by atoms with Crippen molar-refractivity contribution in [1.82, 2.24) is 10.3 Å². The average molecular weight is 579 g/mol. The highest BCUT2D eigenvalue weighted by Crippen LogP contribution is 2.41. The number of hydrogen-bond acceptors (Lipinski definition) is 7. The summed E-state index contributed by atoms with van der Waals surface area (Å²) in [4.78, 5) is 7.18. The number of aromatic nitrogens is 1. The second-order valence-electron chi connectivity index (χ2n) is 9.27. The number of anilines is 1. The number of halogens is 2. The highest BCUT2D eigenvalue weighted by atomic mass is 35.5. The zero-order valence-corrected chi connectivity index (χ0v) is 24.9. The largest absolute Gasteiger partial charge is 0.494 e. The quantitative estimate of drug-likeness (QED) is 0.245. The number of nitrogens with zero attached hydrogens (tertiary/aromatic N) is 2. The maximum absolute atomic E-state index is 5.90. The Morgan fingerprint density at radius 2 is 1.56 bits per heavy atom. The highest BCUT2D eigenvalue weighted by molar-refractivity contribution is 5.85. The van der Waals surface area contributed by atoms with Crippen LogP contribution in [0.15, 0.2) is 54.7 Å². The molecule has 1 fully saturated rings. The molecule has 1 aromatic heterocycles. The van der Waals surface area contributed by atoms with E-state index in [1.807, 2.05) is 18.3 Å². The van der Waals surface area contributed by atoms with Gasteiger partial charge in [-0.25, -0.2) is 0 Å².